The maximum absolute atomic E-state index is 12.5. The fourth-order valence-corrected chi connectivity index (χ4v) is 4.18. The molecule has 2 heterocycles. The Balaban J connectivity index is 1.46. The summed E-state index contributed by atoms with van der Waals surface area (Å²) in [6.07, 6.45) is 1.70. The molecule has 8 nitrogen and oxygen atoms in total. The highest BCUT2D eigenvalue weighted by atomic mass is 79.9. The summed E-state index contributed by atoms with van der Waals surface area (Å²) in [6, 6.07) is 20.7. The largest absolute Gasteiger partial charge is 0.340 e. The molecule has 3 N–H and O–H groups in total. The van der Waals surface area contributed by atoms with Crippen LogP contribution in [0.5, 0.6) is 0 Å². The van der Waals surface area contributed by atoms with Gasteiger partial charge in [-0.15, -0.1) is 0 Å². The summed E-state index contributed by atoms with van der Waals surface area (Å²) in [6.45, 7) is 1.80. The Morgan fingerprint density at radius 2 is 1.44 bits per heavy atom. The molecule has 0 amide bonds. The quantitative estimate of drug-likeness (QED) is 0.312. The molecular formula is C22H19BrN6O2S. The Labute approximate surface area is 194 Å². The Morgan fingerprint density at radius 3 is 2.09 bits per heavy atom. The standard InChI is InChI=1S/C22H19BrN6O2S/c1-15-25-21(14-22(26-15)28-20-4-2-3-13-24-20)27-17-7-9-18(10-8-17)29-32(30,31)19-11-5-16(23)6-12-19/h2-14,29H,1H3,(H2,24,25,26,27,28). The normalized spacial score (nSPS) is 11.1. The molecule has 0 radical (unpaired) electrons. The van der Waals surface area contributed by atoms with Crippen molar-refractivity contribution in [1.82, 2.24) is 15.0 Å². The zero-order chi connectivity index (χ0) is 22.6. The molecule has 0 fully saturated rings. The van der Waals surface area contributed by atoms with Crippen LogP contribution in [-0.2, 0) is 10.0 Å². The highest BCUT2D eigenvalue weighted by Crippen LogP contribution is 2.23. The Bertz CT molecular complexity index is 1320. The lowest BCUT2D eigenvalue weighted by Crippen LogP contribution is -2.12. The SMILES string of the molecule is Cc1nc(Nc2ccc(NS(=O)(=O)c3ccc(Br)cc3)cc2)cc(Nc2ccccn2)n1. The van der Waals surface area contributed by atoms with Gasteiger partial charge < -0.3 is 10.6 Å². The molecule has 0 atom stereocenters. The second-order valence-corrected chi connectivity index (χ2v) is 9.39. The van der Waals surface area contributed by atoms with E-state index in [1.807, 2.05) is 18.2 Å². The van der Waals surface area contributed by atoms with Crippen molar-refractivity contribution in [3.8, 4) is 0 Å². The van der Waals surface area contributed by atoms with Gasteiger partial charge in [0.25, 0.3) is 10.0 Å². The van der Waals surface area contributed by atoms with Gasteiger partial charge in [0.1, 0.15) is 23.3 Å². The van der Waals surface area contributed by atoms with E-state index in [1.165, 1.54) is 12.1 Å². The van der Waals surface area contributed by atoms with Crippen LogP contribution in [0.15, 0.2) is 88.4 Å². The first-order chi connectivity index (χ1) is 15.4. The van der Waals surface area contributed by atoms with Gasteiger partial charge in [-0.1, -0.05) is 22.0 Å². The molecule has 0 unspecified atom stereocenters. The molecule has 0 saturated carbocycles. The van der Waals surface area contributed by atoms with Crippen LogP contribution in [0.3, 0.4) is 0 Å². The van der Waals surface area contributed by atoms with Gasteiger partial charge in [0.2, 0.25) is 0 Å². The third-order valence-corrected chi connectivity index (χ3v) is 6.22. The van der Waals surface area contributed by atoms with Crippen LogP contribution in [0.4, 0.5) is 28.8 Å². The second-order valence-electron chi connectivity index (χ2n) is 6.79. The van der Waals surface area contributed by atoms with E-state index in [0.29, 0.717) is 29.0 Å². The van der Waals surface area contributed by atoms with Crippen LogP contribution in [0.1, 0.15) is 5.82 Å². The van der Waals surface area contributed by atoms with Crippen LogP contribution >= 0.6 is 15.9 Å². The first kappa shape index (κ1) is 21.7. The topological polar surface area (TPSA) is 109 Å². The molecule has 162 valence electrons. The van der Waals surface area contributed by atoms with Crippen molar-refractivity contribution < 1.29 is 8.42 Å². The van der Waals surface area contributed by atoms with Crippen LogP contribution in [0, 0.1) is 6.92 Å². The summed E-state index contributed by atoms with van der Waals surface area (Å²) in [5.74, 6) is 2.47. The zero-order valence-corrected chi connectivity index (χ0v) is 19.4. The molecular weight excluding hydrogens is 492 g/mol. The lowest BCUT2D eigenvalue weighted by Gasteiger charge is -2.11. The smallest absolute Gasteiger partial charge is 0.261 e. The number of benzene rings is 2. The van der Waals surface area contributed by atoms with Crippen molar-refractivity contribution in [2.24, 2.45) is 0 Å². The van der Waals surface area contributed by atoms with Crippen molar-refractivity contribution in [3.05, 3.63) is 89.3 Å². The number of nitrogens with zero attached hydrogens (tertiary/aromatic N) is 3. The summed E-state index contributed by atoms with van der Waals surface area (Å²) in [4.78, 5) is 13.2. The van der Waals surface area contributed by atoms with Crippen LogP contribution in [-0.4, -0.2) is 23.4 Å². The van der Waals surface area contributed by atoms with Crippen molar-refractivity contribution >= 4 is 54.8 Å². The third-order valence-electron chi connectivity index (χ3n) is 4.29. The van der Waals surface area contributed by atoms with E-state index < -0.39 is 10.0 Å². The van der Waals surface area contributed by atoms with Gasteiger partial charge in [-0.2, -0.15) is 0 Å². The number of nitrogens with one attached hydrogen (secondary N) is 3. The molecule has 4 rings (SSSR count). The van der Waals surface area contributed by atoms with E-state index in [0.717, 1.165) is 10.2 Å². The molecule has 4 aromatic rings. The van der Waals surface area contributed by atoms with E-state index in [1.54, 1.807) is 55.6 Å². The zero-order valence-electron chi connectivity index (χ0n) is 16.9. The molecule has 0 spiro atoms. The lowest BCUT2D eigenvalue weighted by molar-refractivity contribution is 0.601. The van der Waals surface area contributed by atoms with Gasteiger partial charge in [0, 0.05) is 28.1 Å². The van der Waals surface area contributed by atoms with Gasteiger partial charge in [0.15, 0.2) is 0 Å². The third kappa shape index (κ3) is 5.59. The van der Waals surface area contributed by atoms with Crippen molar-refractivity contribution in [2.45, 2.75) is 11.8 Å². The minimum atomic E-state index is -3.67. The van der Waals surface area contributed by atoms with Crippen molar-refractivity contribution in [2.75, 3.05) is 15.4 Å². The predicted molar refractivity (Wildman–Crippen MR) is 129 cm³/mol. The fourth-order valence-electron chi connectivity index (χ4n) is 2.86. The summed E-state index contributed by atoms with van der Waals surface area (Å²) in [7, 11) is -3.67. The molecule has 2 aromatic carbocycles. The summed E-state index contributed by atoms with van der Waals surface area (Å²) < 4.78 is 28.5. The number of aromatic nitrogens is 3. The second kappa shape index (κ2) is 9.33. The van der Waals surface area contributed by atoms with Gasteiger partial charge in [-0.3, -0.25) is 4.72 Å². The number of hydrogen-bond donors (Lipinski definition) is 3. The Kier molecular flexibility index (Phi) is 6.33. The average Bonchev–Trinajstić information content (AvgIpc) is 2.75. The van der Waals surface area contributed by atoms with Gasteiger partial charge >= 0.3 is 0 Å². The molecule has 32 heavy (non-hydrogen) atoms. The number of aryl methyl sites for hydroxylation is 1. The molecule has 0 aliphatic rings. The number of sulfonamides is 1. The maximum Gasteiger partial charge on any atom is 0.261 e. The summed E-state index contributed by atoms with van der Waals surface area (Å²) >= 11 is 3.30. The predicted octanol–water partition coefficient (Wildman–Crippen LogP) is 5.23. The average molecular weight is 511 g/mol. The monoisotopic (exact) mass is 510 g/mol. The Morgan fingerprint density at radius 1 is 0.781 bits per heavy atom. The molecule has 0 aliphatic heterocycles. The lowest BCUT2D eigenvalue weighted by atomic mass is 10.3. The van der Waals surface area contributed by atoms with Gasteiger partial charge in [-0.25, -0.2) is 23.4 Å². The highest BCUT2D eigenvalue weighted by molar-refractivity contribution is 9.10. The molecule has 2 aromatic heterocycles. The van der Waals surface area contributed by atoms with Gasteiger partial charge in [-0.05, 0) is 67.6 Å². The molecule has 0 bridgehead atoms. The van der Waals surface area contributed by atoms with E-state index in [4.69, 9.17) is 0 Å². The van der Waals surface area contributed by atoms with E-state index in [2.05, 4.69) is 46.2 Å². The number of halogens is 1. The first-order valence-corrected chi connectivity index (χ1v) is 11.8. The fraction of sp³-hybridized carbons (Fsp3) is 0.0455. The van der Waals surface area contributed by atoms with E-state index in [9.17, 15) is 8.42 Å². The van der Waals surface area contributed by atoms with E-state index >= 15 is 0 Å². The number of pyridine rings is 1. The van der Waals surface area contributed by atoms with Crippen LogP contribution in [0.25, 0.3) is 0 Å². The summed E-state index contributed by atoms with van der Waals surface area (Å²) in [5, 5.41) is 6.35. The number of anilines is 5. The highest BCUT2D eigenvalue weighted by Gasteiger charge is 2.14. The van der Waals surface area contributed by atoms with E-state index in [-0.39, 0.29) is 4.90 Å². The van der Waals surface area contributed by atoms with Gasteiger partial charge in [0.05, 0.1) is 4.90 Å². The molecule has 0 saturated heterocycles. The molecule has 0 aliphatic carbocycles. The number of rotatable bonds is 7. The minimum absolute atomic E-state index is 0.187. The van der Waals surface area contributed by atoms with Crippen molar-refractivity contribution in [1.29, 1.82) is 0 Å². The first-order valence-electron chi connectivity index (χ1n) is 9.57. The molecule has 10 heteroatoms. The van der Waals surface area contributed by atoms with Crippen molar-refractivity contribution in [3.63, 3.8) is 0 Å². The summed E-state index contributed by atoms with van der Waals surface area (Å²) in [5.41, 5.74) is 1.20. The number of hydrogen-bond acceptors (Lipinski definition) is 7. The van der Waals surface area contributed by atoms with Crippen LogP contribution in [0.2, 0.25) is 0 Å². The minimum Gasteiger partial charge on any atom is -0.340 e. The maximum atomic E-state index is 12.5. The van der Waals surface area contributed by atoms with Crippen LogP contribution < -0.4 is 15.4 Å². The Hall–Kier alpha value is -3.50.